The maximum absolute atomic E-state index is 13.4. The van der Waals surface area contributed by atoms with Gasteiger partial charge in [-0.25, -0.2) is 4.39 Å². The zero-order chi connectivity index (χ0) is 13.8. The molecule has 0 spiro atoms. The number of rotatable bonds is 6. The molecule has 1 aromatic rings. The average molecular weight is 266 g/mol. The molecule has 0 saturated heterocycles. The van der Waals surface area contributed by atoms with Crippen LogP contribution in [0.15, 0.2) is 18.2 Å². The maximum atomic E-state index is 13.4. The molecule has 0 heterocycles. The summed E-state index contributed by atoms with van der Waals surface area (Å²) in [5.74, 6) is -0.504. The number of nitrogens with one attached hydrogen (secondary N) is 1. The van der Waals surface area contributed by atoms with Crippen LogP contribution in [0.4, 0.5) is 10.1 Å². The van der Waals surface area contributed by atoms with E-state index in [0.717, 1.165) is 12.8 Å². The topological polar surface area (TPSA) is 52.6 Å². The van der Waals surface area contributed by atoms with Crippen LogP contribution < -0.4 is 5.32 Å². The molecule has 0 unspecified atom stereocenters. The number of benzene rings is 1. The summed E-state index contributed by atoms with van der Waals surface area (Å²) in [7, 11) is 0. The van der Waals surface area contributed by atoms with E-state index >= 15 is 0 Å². The Kier molecular flexibility index (Phi) is 4.50. The van der Waals surface area contributed by atoms with Gasteiger partial charge in [0.15, 0.2) is 0 Å². The van der Waals surface area contributed by atoms with Gasteiger partial charge in [-0.1, -0.05) is 6.07 Å². The summed E-state index contributed by atoms with van der Waals surface area (Å²) in [5, 5.41) is 11.6. The molecule has 5 heteroatoms. The van der Waals surface area contributed by atoms with E-state index in [1.807, 2.05) is 4.90 Å². The minimum Gasteiger partial charge on any atom is -0.395 e. The Morgan fingerprint density at radius 2 is 2.26 bits per heavy atom. The molecule has 0 radical (unpaired) electrons. The molecule has 2 N–H and O–H groups in total. The first-order chi connectivity index (χ1) is 9.10. The second kappa shape index (κ2) is 6.12. The second-order valence-electron chi connectivity index (χ2n) is 4.94. The molecular weight excluding hydrogens is 247 g/mol. The van der Waals surface area contributed by atoms with Gasteiger partial charge in [0, 0.05) is 18.3 Å². The predicted octanol–water partition coefficient (Wildman–Crippen LogP) is 1.53. The van der Waals surface area contributed by atoms with Gasteiger partial charge in [-0.3, -0.25) is 9.69 Å². The van der Waals surface area contributed by atoms with Crippen molar-refractivity contribution in [1.29, 1.82) is 0 Å². The first kappa shape index (κ1) is 14.0. The van der Waals surface area contributed by atoms with E-state index in [2.05, 4.69) is 5.32 Å². The summed E-state index contributed by atoms with van der Waals surface area (Å²) in [5.41, 5.74) is 1.02. The molecule has 1 aliphatic carbocycles. The molecule has 1 aliphatic rings. The number of aryl methyl sites for hydroxylation is 1. The third-order valence-electron chi connectivity index (χ3n) is 3.25. The Bertz CT molecular complexity index is 461. The molecule has 4 nitrogen and oxygen atoms in total. The molecule has 2 rings (SSSR count). The van der Waals surface area contributed by atoms with Crippen molar-refractivity contribution in [2.75, 3.05) is 25.0 Å². The highest BCUT2D eigenvalue weighted by atomic mass is 19.1. The van der Waals surface area contributed by atoms with Crippen LogP contribution >= 0.6 is 0 Å². The number of halogens is 1. The molecule has 0 atom stereocenters. The van der Waals surface area contributed by atoms with Crippen LogP contribution in [0.5, 0.6) is 0 Å². The largest absolute Gasteiger partial charge is 0.395 e. The lowest BCUT2D eigenvalue weighted by Crippen LogP contribution is -2.36. The first-order valence-electron chi connectivity index (χ1n) is 6.51. The lowest BCUT2D eigenvalue weighted by Gasteiger charge is -2.20. The van der Waals surface area contributed by atoms with Crippen molar-refractivity contribution in [2.24, 2.45) is 0 Å². The number of nitrogens with zero attached hydrogens (tertiary/aromatic N) is 1. The molecule has 1 aromatic carbocycles. The minimum absolute atomic E-state index is 0.0446. The highest BCUT2D eigenvalue weighted by Crippen LogP contribution is 2.26. The van der Waals surface area contributed by atoms with Crippen molar-refractivity contribution in [2.45, 2.75) is 25.8 Å². The lowest BCUT2D eigenvalue weighted by molar-refractivity contribution is -0.117. The van der Waals surface area contributed by atoms with Crippen LogP contribution in [0.3, 0.4) is 0 Å². The summed E-state index contributed by atoms with van der Waals surface area (Å²) in [6, 6.07) is 5.05. The maximum Gasteiger partial charge on any atom is 0.238 e. The molecule has 1 amide bonds. The van der Waals surface area contributed by atoms with Crippen molar-refractivity contribution in [3.05, 3.63) is 29.6 Å². The molecule has 1 fully saturated rings. The number of hydrogen-bond acceptors (Lipinski definition) is 3. The molecule has 0 aliphatic heterocycles. The Balaban J connectivity index is 1.90. The van der Waals surface area contributed by atoms with Gasteiger partial charge in [-0.05, 0) is 37.5 Å². The van der Waals surface area contributed by atoms with E-state index in [9.17, 15) is 9.18 Å². The van der Waals surface area contributed by atoms with Gasteiger partial charge in [0.1, 0.15) is 5.82 Å². The van der Waals surface area contributed by atoms with E-state index in [1.54, 1.807) is 19.1 Å². The van der Waals surface area contributed by atoms with Crippen LogP contribution in [0.1, 0.15) is 18.4 Å². The van der Waals surface area contributed by atoms with Crippen molar-refractivity contribution < 1.29 is 14.3 Å². The minimum atomic E-state index is -0.327. The van der Waals surface area contributed by atoms with Crippen molar-refractivity contribution in [3.8, 4) is 0 Å². The zero-order valence-electron chi connectivity index (χ0n) is 11.0. The highest BCUT2D eigenvalue weighted by Gasteiger charge is 2.29. The van der Waals surface area contributed by atoms with Crippen molar-refractivity contribution in [1.82, 2.24) is 4.90 Å². The second-order valence-corrected chi connectivity index (χ2v) is 4.94. The van der Waals surface area contributed by atoms with Gasteiger partial charge < -0.3 is 10.4 Å². The summed E-state index contributed by atoms with van der Waals surface area (Å²) in [6.45, 7) is 2.46. The summed E-state index contributed by atoms with van der Waals surface area (Å²) >= 11 is 0. The number of anilines is 1. The van der Waals surface area contributed by atoms with Crippen LogP contribution in [-0.4, -0.2) is 41.7 Å². The number of aliphatic hydroxyl groups excluding tert-OH is 1. The third-order valence-corrected chi connectivity index (χ3v) is 3.25. The predicted molar refractivity (Wildman–Crippen MR) is 71.4 cm³/mol. The fourth-order valence-corrected chi connectivity index (χ4v) is 2.01. The average Bonchev–Trinajstić information content (AvgIpc) is 3.17. The number of carbonyl (C=O) groups excluding carboxylic acids is 1. The Hall–Kier alpha value is -1.46. The highest BCUT2D eigenvalue weighted by molar-refractivity contribution is 5.92. The van der Waals surface area contributed by atoms with Gasteiger partial charge in [-0.15, -0.1) is 0 Å². The SMILES string of the molecule is Cc1ccc(NC(=O)CN(CCO)C2CC2)cc1F. The van der Waals surface area contributed by atoms with Crippen molar-refractivity contribution >= 4 is 11.6 Å². The number of aliphatic hydroxyl groups is 1. The fourth-order valence-electron chi connectivity index (χ4n) is 2.01. The molecule has 0 aromatic heterocycles. The fraction of sp³-hybridized carbons (Fsp3) is 0.500. The van der Waals surface area contributed by atoms with E-state index in [0.29, 0.717) is 23.8 Å². The van der Waals surface area contributed by atoms with Crippen LogP contribution in [0.2, 0.25) is 0 Å². The van der Waals surface area contributed by atoms with Crippen LogP contribution in [-0.2, 0) is 4.79 Å². The zero-order valence-corrected chi connectivity index (χ0v) is 11.0. The first-order valence-corrected chi connectivity index (χ1v) is 6.51. The summed E-state index contributed by atoms with van der Waals surface area (Å²) in [4.78, 5) is 13.8. The lowest BCUT2D eigenvalue weighted by atomic mass is 10.2. The summed E-state index contributed by atoms with van der Waals surface area (Å²) < 4.78 is 13.4. The normalized spacial score (nSPS) is 14.7. The Morgan fingerprint density at radius 3 is 2.84 bits per heavy atom. The molecule has 104 valence electrons. The molecule has 1 saturated carbocycles. The number of amides is 1. The van der Waals surface area contributed by atoms with Crippen LogP contribution in [0.25, 0.3) is 0 Å². The van der Waals surface area contributed by atoms with Gasteiger partial charge >= 0.3 is 0 Å². The number of carbonyl (C=O) groups is 1. The quantitative estimate of drug-likeness (QED) is 0.821. The van der Waals surface area contributed by atoms with Gasteiger partial charge in [0.05, 0.1) is 13.2 Å². The Labute approximate surface area is 112 Å². The molecular formula is C14H19FN2O2. The van der Waals surface area contributed by atoms with Crippen LogP contribution in [0, 0.1) is 12.7 Å². The van der Waals surface area contributed by atoms with E-state index in [4.69, 9.17) is 5.11 Å². The molecule has 0 bridgehead atoms. The van der Waals surface area contributed by atoms with E-state index in [1.165, 1.54) is 6.07 Å². The standard InChI is InChI=1S/C14H19FN2O2/c1-10-2-3-11(8-13(10)15)16-14(19)9-17(6-7-18)12-4-5-12/h2-3,8,12,18H,4-7,9H2,1H3,(H,16,19). The van der Waals surface area contributed by atoms with E-state index < -0.39 is 0 Å². The monoisotopic (exact) mass is 266 g/mol. The number of hydrogen-bond donors (Lipinski definition) is 2. The third kappa shape index (κ3) is 4.01. The van der Waals surface area contributed by atoms with Gasteiger partial charge in [-0.2, -0.15) is 0 Å². The summed E-state index contributed by atoms with van der Waals surface area (Å²) in [6.07, 6.45) is 2.15. The van der Waals surface area contributed by atoms with E-state index in [-0.39, 0.29) is 24.9 Å². The molecule has 19 heavy (non-hydrogen) atoms. The van der Waals surface area contributed by atoms with Gasteiger partial charge in [0.2, 0.25) is 5.91 Å². The Morgan fingerprint density at radius 1 is 1.53 bits per heavy atom. The van der Waals surface area contributed by atoms with Crippen molar-refractivity contribution in [3.63, 3.8) is 0 Å². The van der Waals surface area contributed by atoms with Gasteiger partial charge in [0.25, 0.3) is 0 Å². The smallest absolute Gasteiger partial charge is 0.238 e.